The van der Waals surface area contributed by atoms with Crippen LogP contribution in [-0.4, -0.2) is 73.2 Å². The van der Waals surface area contributed by atoms with E-state index in [-0.39, 0.29) is 48.6 Å². The Hall–Kier alpha value is -2.95. The molecule has 10 nitrogen and oxygen atoms in total. The molecule has 2 fully saturated rings. The monoisotopic (exact) mass is 528 g/mol. The van der Waals surface area contributed by atoms with E-state index in [0.29, 0.717) is 45.3 Å². The Morgan fingerprint density at radius 2 is 2.00 bits per heavy atom. The molecule has 2 aliphatic rings. The van der Waals surface area contributed by atoms with E-state index in [1.807, 2.05) is 17.0 Å². The third-order valence-electron chi connectivity index (χ3n) is 6.69. The topological polar surface area (TPSA) is 149 Å². The third kappa shape index (κ3) is 4.85. The molecule has 12 heteroatoms. The summed E-state index contributed by atoms with van der Waals surface area (Å²) in [7, 11) is -2.62. The molecule has 0 aliphatic carbocycles. The van der Waals surface area contributed by atoms with Gasteiger partial charge in [-0.15, -0.1) is 11.3 Å². The molecule has 0 saturated carbocycles. The van der Waals surface area contributed by atoms with Crippen molar-refractivity contribution in [3.05, 3.63) is 56.7 Å². The maximum absolute atomic E-state index is 13.8. The summed E-state index contributed by atoms with van der Waals surface area (Å²) < 4.78 is 21.7. The summed E-state index contributed by atoms with van der Waals surface area (Å²) in [6, 6.07) is 11.0. The van der Waals surface area contributed by atoms with E-state index in [2.05, 4.69) is 6.07 Å². The highest BCUT2D eigenvalue weighted by Gasteiger charge is 2.29. The van der Waals surface area contributed by atoms with E-state index in [0.717, 1.165) is 24.2 Å². The lowest BCUT2D eigenvalue weighted by atomic mass is 10.1. The number of nitriles is 1. The molecule has 0 unspecified atom stereocenters. The second-order valence-corrected chi connectivity index (χ2v) is 12.7. The number of anilines is 1. The molecule has 0 radical (unpaired) electrons. The summed E-state index contributed by atoms with van der Waals surface area (Å²) in [5.74, 6) is 0.563. The van der Waals surface area contributed by atoms with Crippen LogP contribution >= 0.6 is 21.9 Å². The number of rotatable bonds is 4. The summed E-state index contributed by atoms with van der Waals surface area (Å²) in [6.07, 6.45) is 1.78. The Morgan fingerprint density at radius 3 is 2.72 bits per heavy atom. The van der Waals surface area contributed by atoms with Crippen molar-refractivity contribution in [3.8, 4) is 6.07 Å². The SMILES string of the molecule is N#Cc1ccccc1Cn1c(N2CCC[C@@H](N)C2)nc2cc(C(=O)N3CCS(O)(O)CC3)sc2c1=O. The van der Waals surface area contributed by atoms with E-state index in [1.54, 1.807) is 27.7 Å². The average molecular weight is 529 g/mol. The number of carbonyl (C=O) groups is 1. The molecule has 36 heavy (non-hydrogen) atoms. The number of hydrogen-bond donors (Lipinski definition) is 3. The maximum Gasteiger partial charge on any atom is 0.273 e. The lowest BCUT2D eigenvalue weighted by Gasteiger charge is -2.40. The van der Waals surface area contributed by atoms with Gasteiger partial charge < -0.3 is 15.5 Å². The minimum atomic E-state index is -2.62. The zero-order valence-electron chi connectivity index (χ0n) is 19.7. The van der Waals surface area contributed by atoms with Crippen molar-refractivity contribution in [2.45, 2.75) is 25.4 Å². The largest absolute Gasteiger partial charge is 0.341 e. The van der Waals surface area contributed by atoms with Crippen LogP contribution in [0.5, 0.6) is 0 Å². The van der Waals surface area contributed by atoms with Crippen LogP contribution in [0.15, 0.2) is 35.1 Å². The van der Waals surface area contributed by atoms with Gasteiger partial charge in [0.25, 0.3) is 11.5 Å². The molecule has 1 atom stereocenters. The Labute approximate surface area is 213 Å². The van der Waals surface area contributed by atoms with Crippen LogP contribution in [0.4, 0.5) is 5.95 Å². The zero-order valence-corrected chi connectivity index (χ0v) is 21.3. The minimum absolute atomic E-state index is 0.0304. The first-order valence-corrected chi connectivity index (χ1v) is 14.5. The van der Waals surface area contributed by atoms with Crippen molar-refractivity contribution in [2.75, 3.05) is 42.6 Å². The first kappa shape index (κ1) is 24.7. The molecule has 190 valence electrons. The van der Waals surface area contributed by atoms with Gasteiger partial charge in [-0.3, -0.25) is 23.3 Å². The van der Waals surface area contributed by atoms with Gasteiger partial charge in [0.1, 0.15) is 4.70 Å². The third-order valence-corrected chi connectivity index (χ3v) is 9.47. The number of fused-ring (bicyclic) bond motifs is 1. The number of hydrogen-bond acceptors (Lipinski definition) is 9. The summed E-state index contributed by atoms with van der Waals surface area (Å²) in [5, 5.41) is 9.56. The van der Waals surface area contributed by atoms with E-state index in [9.17, 15) is 24.0 Å². The molecular weight excluding hydrogens is 500 g/mol. The normalized spacial score (nSPS) is 20.8. The number of benzene rings is 1. The predicted octanol–water partition coefficient (Wildman–Crippen LogP) is 2.51. The molecule has 0 bridgehead atoms. The first-order chi connectivity index (χ1) is 17.3. The van der Waals surface area contributed by atoms with Crippen LogP contribution in [-0.2, 0) is 6.54 Å². The fourth-order valence-electron chi connectivity index (χ4n) is 4.70. The highest BCUT2D eigenvalue weighted by atomic mass is 32.3. The lowest BCUT2D eigenvalue weighted by molar-refractivity contribution is 0.0773. The van der Waals surface area contributed by atoms with Gasteiger partial charge in [-0.25, -0.2) is 4.98 Å². The van der Waals surface area contributed by atoms with Gasteiger partial charge in [0.05, 0.1) is 40.1 Å². The molecule has 2 aliphatic heterocycles. The first-order valence-electron chi connectivity index (χ1n) is 11.8. The summed E-state index contributed by atoms with van der Waals surface area (Å²) in [4.78, 5) is 35.8. The second-order valence-electron chi connectivity index (χ2n) is 9.25. The molecular formula is C24H28N6O4S2. The Balaban J connectivity index is 1.57. The molecule has 1 aromatic carbocycles. The number of aromatic nitrogens is 2. The van der Waals surface area contributed by atoms with Gasteiger partial charge in [0, 0.05) is 32.2 Å². The van der Waals surface area contributed by atoms with Gasteiger partial charge in [0.2, 0.25) is 5.95 Å². The average Bonchev–Trinajstić information content (AvgIpc) is 3.30. The minimum Gasteiger partial charge on any atom is -0.341 e. The standard InChI is InChI=1S/C24H28N6O4S2/c25-13-16-4-1-2-5-17(16)14-30-23(32)21-19(27-24(30)29-7-3-6-18(26)15-29)12-20(35-21)22(31)28-8-10-36(33,34)11-9-28/h1-2,4-5,12,18,33-34H,3,6-11,14-15,26H2/t18-/m1/s1. The van der Waals surface area contributed by atoms with Crippen molar-refractivity contribution >= 4 is 44.0 Å². The number of amides is 1. The highest BCUT2D eigenvalue weighted by molar-refractivity contribution is 8.24. The van der Waals surface area contributed by atoms with Crippen LogP contribution in [0, 0.1) is 11.3 Å². The molecule has 0 spiro atoms. The van der Waals surface area contributed by atoms with E-state index in [4.69, 9.17) is 10.7 Å². The van der Waals surface area contributed by atoms with Gasteiger partial charge >= 0.3 is 0 Å². The molecule has 3 aromatic rings. The van der Waals surface area contributed by atoms with Crippen LogP contribution in [0.3, 0.4) is 0 Å². The quantitative estimate of drug-likeness (QED) is 0.468. The van der Waals surface area contributed by atoms with Crippen LogP contribution in [0.2, 0.25) is 0 Å². The van der Waals surface area contributed by atoms with Crippen LogP contribution in [0.25, 0.3) is 10.2 Å². The lowest BCUT2D eigenvalue weighted by Crippen LogP contribution is -2.45. The van der Waals surface area contributed by atoms with E-state index < -0.39 is 10.6 Å². The Kier molecular flexibility index (Phi) is 6.76. The molecule has 4 N–H and O–H groups in total. The fraction of sp³-hybridized carbons (Fsp3) is 0.417. The zero-order chi connectivity index (χ0) is 25.4. The summed E-state index contributed by atoms with van der Waals surface area (Å²) in [5.41, 5.74) is 7.62. The molecule has 4 heterocycles. The van der Waals surface area contributed by atoms with Crippen molar-refractivity contribution in [3.63, 3.8) is 0 Å². The van der Waals surface area contributed by atoms with Crippen molar-refractivity contribution in [1.29, 1.82) is 5.26 Å². The van der Waals surface area contributed by atoms with E-state index in [1.165, 1.54) is 0 Å². The number of nitrogens with zero attached hydrogens (tertiary/aromatic N) is 5. The number of nitrogens with two attached hydrogens (primary N) is 1. The van der Waals surface area contributed by atoms with Crippen molar-refractivity contribution < 1.29 is 13.9 Å². The number of carbonyl (C=O) groups excluding carboxylic acids is 1. The van der Waals surface area contributed by atoms with Crippen molar-refractivity contribution in [2.24, 2.45) is 5.73 Å². The highest BCUT2D eigenvalue weighted by Crippen LogP contribution is 2.40. The smallest absolute Gasteiger partial charge is 0.273 e. The maximum atomic E-state index is 13.8. The van der Waals surface area contributed by atoms with Gasteiger partial charge in [-0.2, -0.15) is 15.9 Å². The Morgan fingerprint density at radius 1 is 1.25 bits per heavy atom. The van der Waals surface area contributed by atoms with E-state index >= 15 is 0 Å². The van der Waals surface area contributed by atoms with Crippen LogP contribution in [0.1, 0.15) is 33.6 Å². The van der Waals surface area contributed by atoms with Gasteiger partial charge in [0.15, 0.2) is 0 Å². The van der Waals surface area contributed by atoms with Crippen LogP contribution < -0.4 is 16.2 Å². The molecule has 2 saturated heterocycles. The molecule has 2 aromatic heterocycles. The predicted molar refractivity (Wildman–Crippen MR) is 142 cm³/mol. The fourth-order valence-corrected chi connectivity index (χ4v) is 6.95. The number of piperidine rings is 1. The second kappa shape index (κ2) is 9.84. The van der Waals surface area contributed by atoms with Crippen molar-refractivity contribution in [1.82, 2.24) is 14.5 Å². The Bertz CT molecular complexity index is 1400. The number of thiophene rings is 1. The summed E-state index contributed by atoms with van der Waals surface area (Å²) in [6.45, 7) is 1.97. The summed E-state index contributed by atoms with van der Waals surface area (Å²) >= 11 is 1.10. The molecule has 5 rings (SSSR count). The van der Waals surface area contributed by atoms with Gasteiger partial charge in [-0.05, 0) is 30.5 Å². The molecule has 1 amide bonds. The van der Waals surface area contributed by atoms with Gasteiger partial charge in [-0.1, -0.05) is 18.2 Å².